The van der Waals surface area contributed by atoms with Crippen molar-refractivity contribution in [2.24, 2.45) is 5.92 Å². The molecule has 1 aliphatic heterocycles. The van der Waals surface area contributed by atoms with Crippen molar-refractivity contribution in [1.29, 1.82) is 0 Å². The van der Waals surface area contributed by atoms with Gasteiger partial charge in [0.05, 0.1) is 5.70 Å². The molecule has 1 N–H and O–H groups in total. The fraction of sp³-hybridized carbons (Fsp3) is 0.583. The van der Waals surface area contributed by atoms with E-state index in [4.69, 9.17) is 4.74 Å². The van der Waals surface area contributed by atoms with Gasteiger partial charge in [0.1, 0.15) is 5.60 Å². The van der Waals surface area contributed by atoms with Gasteiger partial charge in [-0.05, 0) is 18.9 Å². The van der Waals surface area contributed by atoms with E-state index in [1.54, 1.807) is 7.11 Å². The number of carbonyl (C=O) groups excluding carboxylic acids is 1. The van der Waals surface area contributed by atoms with E-state index in [9.17, 15) is 4.79 Å². The van der Waals surface area contributed by atoms with Crippen LogP contribution in [0.25, 0.3) is 0 Å². The van der Waals surface area contributed by atoms with Crippen molar-refractivity contribution in [2.75, 3.05) is 7.11 Å². The third kappa shape index (κ3) is 1.51. The summed E-state index contributed by atoms with van der Waals surface area (Å²) >= 11 is 0. The molecule has 15 heavy (non-hydrogen) atoms. The Balaban J connectivity index is 2.43. The zero-order valence-corrected chi connectivity index (χ0v) is 9.46. The van der Waals surface area contributed by atoms with E-state index in [-0.39, 0.29) is 17.4 Å². The van der Waals surface area contributed by atoms with Crippen LogP contribution in [-0.2, 0) is 9.53 Å². The van der Waals surface area contributed by atoms with Gasteiger partial charge in [-0.1, -0.05) is 19.1 Å². The Bertz CT molecular complexity index is 357. The van der Waals surface area contributed by atoms with Gasteiger partial charge in [0.25, 0.3) is 0 Å². The molecule has 0 saturated heterocycles. The number of methoxy groups -OCH3 is 1. The lowest BCUT2D eigenvalue weighted by molar-refractivity contribution is -0.122. The fourth-order valence-corrected chi connectivity index (χ4v) is 2.22. The van der Waals surface area contributed by atoms with Crippen molar-refractivity contribution >= 4 is 5.91 Å². The minimum absolute atomic E-state index is 0.0968. The first-order chi connectivity index (χ1) is 7.08. The van der Waals surface area contributed by atoms with Crippen molar-refractivity contribution in [1.82, 2.24) is 5.32 Å². The maximum Gasteiger partial charge on any atom is 0.224 e. The van der Waals surface area contributed by atoms with Gasteiger partial charge < -0.3 is 10.1 Å². The summed E-state index contributed by atoms with van der Waals surface area (Å²) in [5.41, 5.74) is 1.77. The normalized spacial score (nSPS) is 35.1. The van der Waals surface area contributed by atoms with E-state index in [2.05, 4.69) is 24.4 Å². The molecule has 2 unspecified atom stereocenters. The molecule has 0 aromatic carbocycles. The van der Waals surface area contributed by atoms with E-state index >= 15 is 0 Å². The molecule has 0 fully saturated rings. The van der Waals surface area contributed by atoms with E-state index in [1.807, 2.05) is 6.92 Å². The van der Waals surface area contributed by atoms with Crippen molar-refractivity contribution < 1.29 is 9.53 Å². The van der Waals surface area contributed by atoms with Crippen molar-refractivity contribution in [3.63, 3.8) is 0 Å². The summed E-state index contributed by atoms with van der Waals surface area (Å²) in [6, 6.07) is 0. The highest BCUT2D eigenvalue weighted by molar-refractivity contribution is 5.80. The monoisotopic (exact) mass is 207 g/mol. The summed E-state index contributed by atoms with van der Waals surface area (Å²) in [4.78, 5) is 11.4. The minimum Gasteiger partial charge on any atom is -0.372 e. The van der Waals surface area contributed by atoms with E-state index in [0.29, 0.717) is 6.42 Å². The Morgan fingerprint density at radius 3 is 2.93 bits per heavy atom. The Morgan fingerprint density at radius 1 is 1.53 bits per heavy atom. The molecule has 0 bridgehead atoms. The largest absolute Gasteiger partial charge is 0.372 e. The number of hydrogen-bond acceptors (Lipinski definition) is 2. The van der Waals surface area contributed by atoms with Gasteiger partial charge in [0.15, 0.2) is 0 Å². The maximum atomic E-state index is 11.4. The first kappa shape index (κ1) is 10.4. The molecule has 3 heteroatoms. The SMILES string of the molecule is COC1(C)C2=C(C=CC1C)CCC(=O)N2. The van der Waals surface area contributed by atoms with Gasteiger partial charge in [-0.25, -0.2) is 0 Å². The van der Waals surface area contributed by atoms with Crippen molar-refractivity contribution in [2.45, 2.75) is 32.3 Å². The third-order valence-corrected chi connectivity index (χ3v) is 3.58. The standard InChI is InChI=1S/C12H17NO2/c1-8-4-5-9-6-7-10(14)13-11(9)12(8,2)15-3/h4-5,8H,6-7H2,1-3H3,(H,13,14). The Labute approximate surface area is 90.2 Å². The van der Waals surface area contributed by atoms with Gasteiger partial charge in [0, 0.05) is 19.4 Å². The van der Waals surface area contributed by atoms with E-state index in [0.717, 1.165) is 12.1 Å². The third-order valence-electron chi connectivity index (χ3n) is 3.58. The molecule has 0 radical (unpaired) electrons. The van der Waals surface area contributed by atoms with Gasteiger partial charge in [-0.2, -0.15) is 0 Å². The van der Waals surface area contributed by atoms with Crippen LogP contribution in [0.5, 0.6) is 0 Å². The molecule has 2 aliphatic rings. The zero-order chi connectivity index (χ0) is 11.1. The summed E-state index contributed by atoms with van der Waals surface area (Å²) in [7, 11) is 1.70. The first-order valence-corrected chi connectivity index (χ1v) is 5.34. The van der Waals surface area contributed by atoms with E-state index in [1.165, 1.54) is 5.57 Å². The molecule has 1 aliphatic carbocycles. The second-order valence-corrected chi connectivity index (χ2v) is 4.41. The summed E-state index contributed by atoms with van der Waals surface area (Å²) in [6.45, 7) is 4.13. The highest BCUT2D eigenvalue weighted by Crippen LogP contribution is 2.37. The number of nitrogens with one attached hydrogen (secondary N) is 1. The average molecular weight is 207 g/mol. The lowest BCUT2D eigenvalue weighted by Gasteiger charge is -2.40. The van der Waals surface area contributed by atoms with Crippen LogP contribution in [0.3, 0.4) is 0 Å². The number of carbonyl (C=O) groups is 1. The van der Waals surface area contributed by atoms with Gasteiger partial charge in [-0.15, -0.1) is 0 Å². The molecular formula is C12H17NO2. The molecule has 2 rings (SSSR count). The Kier molecular flexibility index (Phi) is 2.43. The van der Waals surface area contributed by atoms with Crippen LogP contribution in [0, 0.1) is 5.92 Å². The number of ether oxygens (including phenoxy) is 1. The van der Waals surface area contributed by atoms with Crippen LogP contribution in [-0.4, -0.2) is 18.6 Å². The summed E-state index contributed by atoms with van der Waals surface area (Å²) in [5.74, 6) is 0.374. The molecule has 0 spiro atoms. The molecule has 3 nitrogen and oxygen atoms in total. The lowest BCUT2D eigenvalue weighted by Crippen LogP contribution is -2.47. The van der Waals surface area contributed by atoms with Crippen LogP contribution in [0.15, 0.2) is 23.4 Å². The molecular weight excluding hydrogens is 190 g/mol. The fourth-order valence-electron chi connectivity index (χ4n) is 2.22. The molecule has 0 aromatic rings. The molecule has 0 saturated carbocycles. The first-order valence-electron chi connectivity index (χ1n) is 5.34. The number of allylic oxidation sites excluding steroid dienone is 2. The highest BCUT2D eigenvalue weighted by atomic mass is 16.5. The average Bonchev–Trinajstić information content (AvgIpc) is 2.24. The molecule has 0 aromatic heterocycles. The highest BCUT2D eigenvalue weighted by Gasteiger charge is 2.40. The quantitative estimate of drug-likeness (QED) is 0.711. The minimum atomic E-state index is -0.389. The van der Waals surface area contributed by atoms with Crippen molar-refractivity contribution in [3.05, 3.63) is 23.4 Å². The number of amides is 1. The second kappa shape index (κ2) is 3.49. The van der Waals surface area contributed by atoms with Gasteiger partial charge in [0.2, 0.25) is 5.91 Å². The Morgan fingerprint density at radius 2 is 2.27 bits per heavy atom. The van der Waals surface area contributed by atoms with E-state index < -0.39 is 0 Å². The molecule has 82 valence electrons. The summed E-state index contributed by atoms with van der Waals surface area (Å²) < 4.78 is 5.58. The predicted molar refractivity (Wildman–Crippen MR) is 58.1 cm³/mol. The summed E-state index contributed by atoms with van der Waals surface area (Å²) in [6.07, 6.45) is 5.67. The van der Waals surface area contributed by atoms with Crippen LogP contribution >= 0.6 is 0 Å². The van der Waals surface area contributed by atoms with Crippen LogP contribution in [0.2, 0.25) is 0 Å². The van der Waals surface area contributed by atoms with Crippen LogP contribution in [0.1, 0.15) is 26.7 Å². The second-order valence-electron chi connectivity index (χ2n) is 4.41. The summed E-state index contributed by atoms with van der Waals surface area (Å²) in [5, 5.41) is 2.95. The zero-order valence-electron chi connectivity index (χ0n) is 9.46. The van der Waals surface area contributed by atoms with Crippen LogP contribution < -0.4 is 5.32 Å². The number of hydrogen-bond donors (Lipinski definition) is 1. The van der Waals surface area contributed by atoms with Gasteiger partial charge in [-0.3, -0.25) is 4.79 Å². The van der Waals surface area contributed by atoms with Crippen LogP contribution in [0.4, 0.5) is 0 Å². The molecule has 1 heterocycles. The Hall–Kier alpha value is -1.09. The molecule has 1 amide bonds. The van der Waals surface area contributed by atoms with Crippen molar-refractivity contribution in [3.8, 4) is 0 Å². The number of rotatable bonds is 1. The topological polar surface area (TPSA) is 38.3 Å². The lowest BCUT2D eigenvalue weighted by atomic mass is 9.78. The smallest absolute Gasteiger partial charge is 0.224 e. The predicted octanol–water partition coefficient (Wildman–Crippen LogP) is 1.76. The molecule has 2 atom stereocenters. The van der Waals surface area contributed by atoms with Gasteiger partial charge >= 0.3 is 0 Å². The maximum absolute atomic E-state index is 11.4.